The zero-order valence-electron chi connectivity index (χ0n) is 15.7. The van der Waals surface area contributed by atoms with Gasteiger partial charge in [-0.05, 0) is 93.7 Å². The van der Waals surface area contributed by atoms with Crippen LogP contribution in [0.25, 0.3) is 55.0 Å². The zero-order chi connectivity index (χ0) is 18.8. The minimum absolute atomic E-state index is 0.906. The van der Waals surface area contributed by atoms with Crippen molar-refractivity contribution in [3.05, 3.63) is 84.3 Å². The van der Waals surface area contributed by atoms with E-state index in [-0.39, 0.29) is 0 Å². The predicted molar refractivity (Wildman–Crippen MR) is 115 cm³/mol. The maximum absolute atomic E-state index is 5.76. The Balaban J connectivity index is 1.86. The Hall–Kier alpha value is -3.52. The number of furan rings is 2. The van der Waals surface area contributed by atoms with Gasteiger partial charge in [-0.2, -0.15) is 0 Å². The highest BCUT2D eigenvalue weighted by molar-refractivity contribution is 6.28. The minimum atomic E-state index is 0.906. The van der Waals surface area contributed by atoms with E-state index in [4.69, 9.17) is 8.83 Å². The van der Waals surface area contributed by atoms with Gasteiger partial charge in [0.15, 0.2) is 0 Å². The van der Waals surface area contributed by atoms with Gasteiger partial charge in [-0.15, -0.1) is 0 Å². The molecule has 0 aliphatic heterocycles. The quantitative estimate of drug-likeness (QED) is 0.295. The summed E-state index contributed by atoms with van der Waals surface area (Å²) in [7, 11) is 0. The Bertz CT molecular complexity index is 1340. The van der Waals surface area contributed by atoms with Crippen molar-refractivity contribution >= 4 is 32.3 Å². The molecule has 2 heterocycles. The Kier molecular flexibility index (Phi) is 3.05. The van der Waals surface area contributed by atoms with E-state index in [0.29, 0.717) is 0 Å². The van der Waals surface area contributed by atoms with Crippen molar-refractivity contribution in [3.8, 4) is 22.6 Å². The Morgan fingerprint density at radius 1 is 0.536 bits per heavy atom. The molecule has 2 aromatic heterocycles. The second-order valence-corrected chi connectivity index (χ2v) is 7.51. The highest BCUT2D eigenvalue weighted by Crippen LogP contribution is 2.44. The van der Waals surface area contributed by atoms with Gasteiger partial charge in [-0.3, -0.25) is 0 Å². The Morgan fingerprint density at radius 3 is 1.36 bits per heavy atom. The molecule has 0 unspecified atom stereocenters. The van der Waals surface area contributed by atoms with Crippen LogP contribution in [0.15, 0.2) is 82.0 Å². The smallest absolute Gasteiger partial charge is 0.134 e. The Morgan fingerprint density at radius 2 is 0.964 bits per heavy atom. The molecule has 0 atom stereocenters. The number of aryl methyl sites for hydroxylation is 2. The molecular weight excluding hydrogens is 344 g/mol. The van der Waals surface area contributed by atoms with Crippen LogP contribution in [0.3, 0.4) is 0 Å². The summed E-state index contributed by atoms with van der Waals surface area (Å²) in [4.78, 5) is 0. The van der Waals surface area contributed by atoms with E-state index in [1.165, 1.54) is 43.4 Å². The van der Waals surface area contributed by atoms with Gasteiger partial charge >= 0.3 is 0 Å². The molecule has 0 bridgehead atoms. The topological polar surface area (TPSA) is 26.3 Å². The summed E-state index contributed by atoms with van der Waals surface area (Å²) in [5.41, 5.74) is 4.81. The molecule has 0 spiro atoms. The third-order valence-electron chi connectivity index (χ3n) is 5.89. The molecule has 0 N–H and O–H groups in total. The van der Waals surface area contributed by atoms with E-state index >= 15 is 0 Å². The van der Waals surface area contributed by atoms with Gasteiger partial charge in [0, 0.05) is 11.1 Å². The third-order valence-corrected chi connectivity index (χ3v) is 5.89. The van der Waals surface area contributed by atoms with Gasteiger partial charge < -0.3 is 8.83 Å². The summed E-state index contributed by atoms with van der Waals surface area (Å²) in [5, 5.41) is 7.64. The summed E-state index contributed by atoms with van der Waals surface area (Å²) >= 11 is 0. The van der Waals surface area contributed by atoms with E-state index in [0.717, 1.165) is 22.6 Å². The van der Waals surface area contributed by atoms with Crippen molar-refractivity contribution in [1.29, 1.82) is 0 Å². The lowest BCUT2D eigenvalue weighted by Crippen LogP contribution is -1.92. The molecule has 0 fully saturated rings. The lowest BCUT2D eigenvalue weighted by molar-refractivity contribution is 0.582. The van der Waals surface area contributed by atoms with Gasteiger partial charge in [-0.25, -0.2) is 0 Å². The highest BCUT2D eigenvalue weighted by atomic mass is 16.3. The van der Waals surface area contributed by atoms with Crippen LogP contribution >= 0.6 is 0 Å². The largest absolute Gasteiger partial charge is 0.464 e. The van der Waals surface area contributed by atoms with Crippen LogP contribution in [0.5, 0.6) is 0 Å². The SMILES string of the molecule is Cc1cc(-c2ccco2)c2ccc3c(-c4ccco4)cc(C)c4ccc1c2c43. The van der Waals surface area contributed by atoms with Gasteiger partial charge in [0.2, 0.25) is 0 Å². The first kappa shape index (κ1) is 15.5. The summed E-state index contributed by atoms with van der Waals surface area (Å²) in [6.07, 6.45) is 3.48. The second kappa shape index (κ2) is 5.49. The standard InChI is InChI=1S/C26H18O2/c1-15-13-21(23-5-3-11-27-23)19-9-10-20-22(24-6-4-12-28-24)14-16(2)18-8-7-17(15)25(19)26(18)20/h3-14H,1-2H3. The van der Waals surface area contributed by atoms with Crippen LogP contribution in [0.1, 0.15) is 11.1 Å². The molecule has 2 heteroatoms. The number of benzene rings is 4. The number of hydrogen-bond acceptors (Lipinski definition) is 2. The second-order valence-electron chi connectivity index (χ2n) is 7.51. The van der Waals surface area contributed by atoms with Crippen molar-refractivity contribution < 1.29 is 8.83 Å². The normalized spacial score (nSPS) is 11.9. The van der Waals surface area contributed by atoms with Gasteiger partial charge in [0.1, 0.15) is 11.5 Å². The molecular formula is C26H18O2. The van der Waals surface area contributed by atoms with Crippen LogP contribution in [-0.4, -0.2) is 0 Å². The van der Waals surface area contributed by atoms with Crippen molar-refractivity contribution in [1.82, 2.24) is 0 Å². The summed E-state index contributed by atoms with van der Waals surface area (Å²) in [5.74, 6) is 1.81. The predicted octanol–water partition coefficient (Wildman–Crippen LogP) is 7.72. The molecule has 0 aliphatic carbocycles. The first-order valence-corrected chi connectivity index (χ1v) is 9.52. The molecule has 6 rings (SSSR count). The lowest BCUT2D eigenvalue weighted by Gasteiger charge is -2.18. The van der Waals surface area contributed by atoms with Crippen LogP contribution in [0.2, 0.25) is 0 Å². The molecule has 6 aromatic rings. The zero-order valence-corrected chi connectivity index (χ0v) is 15.7. The maximum Gasteiger partial charge on any atom is 0.134 e. The highest BCUT2D eigenvalue weighted by Gasteiger charge is 2.18. The van der Waals surface area contributed by atoms with Crippen molar-refractivity contribution in [3.63, 3.8) is 0 Å². The fourth-order valence-corrected chi connectivity index (χ4v) is 4.62. The average molecular weight is 362 g/mol. The molecule has 0 radical (unpaired) electrons. The van der Waals surface area contributed by atoms with E-state index in [9.17, 15) is 0 Å². The fraction of sp³-hybridized carbons (Fsp3) is 0.0769. The summed E-state index contributed by atoms with van der Waals surface area (Å²) in [6.45, 7) is 4.36. The molecule has 4 aromatic carbocycles. The monoisotopic (exact) mass is 362 g/mol. The molecule has 2 nitrogen and oxygen atoms in total. The van der Waals surface area contributed by atoms with Crippen LogP contribution < -0.4 is 0 Å². The molecule has 0 amide bonds. The van der Waals surface area contributed by atoms with E-state index in [1.807, 2.05) is 24.3 Å². The van der Waals surface area contributed by atoms with Crippen LogP contribution in [0, 0.1) is 13.8 Å². The van der Waals surface area contributed by atoms with E-state index in [1.54, 1.807) is 12.5 Å². The number of hydrogen-bond donors (Lipinski definition) is 0. The maximum atomic E-state index is 5.76. The summed E-state index contributed by atoms with van der Waals surface area (Å²) < 4.78 is 11.5. The Labute approximate surface area is 162 Å². The average Bonchev–Trinajstić information content (AvgIpc) is 3.42. The fourth-order valence-electron chi connectivity index (χ4n) is 4.62. The lowest BCUT2D eigenvalue weighted by atomic mass is 9.86. The van der Waals surface area contributed by atoms with Crippen molar-refractivity contribution in [2.75, 3.05) is 0 Å². The molecule has 28 heavy (non-hydrogen) atoms. The van der Waals surface area contributed by atoms with Gasteiger partial charge in [0.05, 0.1) is 12.5 Å². The van der Waals surface area contributed by atoms with E-state index < -0.39 is 0 Å². The van der Waals surface area contributed by atoms with E-state index in [2.05, 4.69) is 50.2 Å². The van der Waals surface area contributed by atoms with Crippen molar-refractivity contribution in [2.45, 2.75) is 13.8 Å². The first-order chi connectivity index (χ1) is 13.7. The third kappa shape index (κ3) is 1.97. The van der Waals surface area contributed by atoms with Gasteiger partial charge in [0.25, 0.3) is 0 Å². The molecule has 0 saturated heterocycles. The first-order valence-electron chi connectivity index (χ1n) is 9.52. The van der Waals surface area contributed by atoms with Crippen molar-refractivity contribution in [2.24, 2.45) is 0 Å². The minimum Gasteiger partial charge on any atom is -0.464 e. The molecule has 0 aliphatic rings. The summed E-state index contributed by atoms with van der Waals surface area (Å²) in [6, 6.07) is 21.4. The number of rotatable bonds is 2. The van der Waals surface area contributed by atoms with Crippen LogP contribution in [0.4, 0.5) is 0 Å². The van der Waals surface area contributed by atoms with Crippen LogP contribution in [-0.2, 0) is 0 Å². The molecule has 0 saturated carbocycles. The molecule has 134 valence electrons. The van der Waals surface area contributed by atoms with Gasteiger partial charge in [-0.1, -0.05) is 24.3 Å².